The maximum Gasteiger partial charge on any atom is 0.137 e. The van der Waals surface area contributed by atoms with Crippen LogP contribution in [0.1, 0.15) is 20.3 Å². The average molecular weight is 144 g/mol. The molecule has 0 aliphatic carbocycles. The van der Waals surface area contributed by atoms with Gasteiger partial charge in [-0.1, -0.05) is 13.8 Å². The van der Waals surface area contributed by atoms with Gasteiger partial charge in [0, 0.05) is 23.3 Å². The Morgan fingerprint density at radius 1 is 1.56 bits per heavy atom. The zero-order valence-electron chi connectivity index (χ0n) is 5.89. The topological polar surface area (TPSA) is 17.1 Å². The second-order valence-electron chi connectivity index (χ2n) is 2.58. The molecule has 0 aromatic rings. The fourth-order valence-electron chi connectivity index (χ4n) is 0.979. The standard InChI is InChI=1S/C7H12OS/c1-5-6(2)9-4-3-7(5)8/h5-6H,3-4H2,1-2H3/t5-,6-/m0/s1. The first-order valence-corrected chi connectivity index (χ1v) is 4.41. The van der Waals surface area contributed by atoms with Crippen molar-refractivity contribution < 1.29 is 4.79 Å². The molecule has 1 saturated heterocycles. The van der Waals surface area contributed by atoms with Crippen molar-refractivity contribution >= 4 is 17.5 Å². The first-order chi connectivity index (χ1) is 4.22. The van der Waals surface area contributed by atoms with E-state index in [1.54, 1.807) is 0 Å². The number of Topliss-reactive ketones (excluding diaryl/α,β-unsaturated/α-hetero) is 1. The lowest BCUT2D eigenvalue weighted by Crippen LogP contribution is -2.26. The first kappa shape index (κ1) is 7.13. The van der Waals surface area contributed by atoms with E-state index in [0.717, 1.165) is 12.2 Å². The third-order valence-corrected chi connectivity index (χ3v) is 3.32. The normalized spacial score (nSPS) is 36.9. The van der Waals surface area contributed by atoms with Crippen LogP contribution in [0.5, 0.6) is 0 Å². The molecule has 0 radical (unpaired) electrons. The molecule has 0 aromatic heterocycles. The number of hydrogen-bond acceptors (Lipinski definition) is 2. The van der Waals surface area contributed by atoms with Crippen molar-refractivity contribution in [2.75, 3.05) is 5.75 Å². The molecule has 1 nitrogen and oxygen atoms in total. The molecule has 0 N–H and O–H groups in total. The van der Waals surface area contributed by atoms with Crippen LogP contribution in [-0.4, -0.2) is 16.8 Å². The van der Waals surface area contributed by atoms with Crippen LogP contribution in [0.25, 0.3) is 0 Å². The van der Waals surface area contributed by atoms with E-state index >= 15 is 0 Å². The molecule has 2 heteroatoms. The summed E-state index contributed by atoms with van der Waals surface area (Å²) in [6.45, 7) is 4.16. The predicted octanol–water partition coefficient (Wildman–Crippen LogP) is 1.72. The molecule has 0 saturated carbocycles. The maximum atomic E-state index is 11.0. The van der Waals surface area contributed by atoms with Crippen molar-refractivity contribution in [3.8, 4) is 0 Å². The molecule has 0 unspecified atom stereocenters. The summed E-state index contributed by atoms with van der Waals surface area (Å²) < 4.78 is 0. The van der Waals surface area contributed by atoms with Crippen LogP contribution in [0.4, 0.5) is 0 Å². The predicted molar refractivity (Wildman–Crippen MR) is 40.7 cm³/mol. The minimum Gasteiger partial charge on any atom is -0.299 e. The Labute approximate surface area is 60.2 Å². The molecule has 0 amide bonds. The molecule has 2 atom stereocenters. The molecule has 1 aliphatic rings. The Kier molecular flexibility index (Phi) is 2.17. The number of ketones is 1. The summed E-state index contributed by atoms with van der Waals surface area (Å²) in [6.07, 6.45) is 0.788. The van der Waals surface area contributed by atoms with Crippen molar-refractivity contribution in [3.63, 3.8) is 0 Å². The van der Waals surface area contributed by atoms with Gasteiger partial charge in [0.25, 0.3) is 0 Å². The first-order valence-electron chi connectivity index (χ1n) is 3.36. The molecule has 1 rings (SSSR count). The minimum absolute atomic E-state index is 0.295. The van der Waals surface area contributed by atoms with Crippen molar-refractivity contribution in [2.24, 2.45) is 5.92 Å². The molecule has 52 valence electrons. The van der Waals surface area contributed by atoms with Gasteiger partial charge in [-0.05, 0) is 0 Å². The highest BCUT2D eigenvalue weighted by Crippen LogP contribution is 2.26. The maximum absolute atomic E-state index is 11.0. The summed E-state index contributed by atoms with van der Waals surface area (Å²) in [5.74, 6) is 1.77. The zero-order valence-corrected chi connectivity index (χ0v) is 6.70. The highest BCUT2D eigenvalue weighted by molar-refractivity contribution is 8.00. The smallest absolute Gasteiger partial charge is 0.137 e. The number of rotatable bonds is 0. The Hall–Kier alpha value is 0.0200. The van der Waals surface area contributed by atoms with E-state index in [-0.39, 0.29) is 0 Å². The Morgan fingerprint density at radius 2 is 2.22 bits per heavy atom. The van der Waals surface area contributed by atoms with E-state index in [9.17, 15) is 4.79 Å². The van der Waals surface area contributed by atoms with Crippen LogP contribution in [0.3, 0.4) is 0 Å². The van der Waals surface area contributed by atoms with E-state index in [1.165, 1.54) is 0 Å². The fraction of sp³-hybridized carbons (Fsp3) is 0.857. The molecule has 0 bridgehead atoms. The van der Waals surface area contributed by atoms with Crippen LogP contribution in [0.15, 0.2) is 0 Å². The van der Waals surface area contributed by atoms with Crippen LogP contribution in [-0.2, 0) is 4.79 Å². The third kappa shape index (κ3) is 1.48. The largest absolute Gasteiger partial charge is 0.299 e. The summed E-state index contributed by atoms with van der Waals surface area (Å²) in [5.41, 5.74) is 0. The lowest BCUT2D eigenvalue weighted by molar-refractivity contribution is -0.122. The van der Waals surface area contributed by atoms with Gasteiger partial charge in [0.15, 0.2) is 0 Å². The molecule has 1 fully saturated rings. The van der Waals surface area contributed by atoms with E-state index in [1.807, 2.05) is 18.7 Å². The van der Waals surface area contributed by atoms with Gasteiger partial charge < -0.3 is 0 Å². The van der Waals surface area contributed by atoms with Crippen LogP contribution < -0.4 is 0 Å². The SMILES string of the molecule is C[C@@H]1SCCC(=O)[C@H]1C. The molecule has 1 aliphatic heterocycles. The Balaban J connectivity index is 2.51. The highest BCUT2D eigenvalue weighted by Gasteiger charge is 2.24. The summed E-state index contributed by atoms with van der Waals surface area (Å²) >= 11 is 1.91. The number of hydrogen-bond donors (Lipinski definition) is 0. The Bertz CT molecular complexity index is 122. The average Bonchev–Trinajstić information content (AvgIpc) is 1.83. The van der Waals surface area contributed by atoms with Gasteiger partial charge in [0.1, 0.15) is 5.78 Å². The fourth-order valence-corrected chi connectivity index (χ4v) is 2.11. The quantitative estimate of drug-likeness (QED) is 0.515. The molecule has 9 heavy (non-hydrogen) atoms. The zero-order chi connectivity index (χ0) is 6.85. The van der Waals surface area contributed by atoms with E-state index in [4.69, 9.17) is 0 Å². The van der Waals surface area contributed by atoms with E-state index in [2.05, 4.69) is 6.92 Å². The van der Waals surface area contributed by atoms with Crippen LogP contribution >= 0.6 is 11.8 Å². The summed E-state index contributed by atoms with van der Waals surface area (Å²) in [5, 5.41) is 0.547. The van der Waals surface area contributed by atoms with Crippen LogP contribution in [0.2, 0.25) is 0 Å². The van der Waals surface area contributed by atoms with Gasteiger partial charge in [-0.3, -0.25) is 4.79 Å². The molecule has 0 spiro atoms. The molecular weight excluding hydrogens is 132 g/mol. The second kappa shape index (κ2) is 2.74. The lowest BCUT2D eigenvalue weighted by atomic mass is 10.0. The second-order valence-corrected chi connectivity index (χ2v) is 4.07. The molecule has 0 aromatic carbocycles. The number of carbonyl (C=O) groups is 1. The van der Waals surface area contributed by atoms with Gasteiger partial charge in [0.2, 0.25) is 0 Å². The third-order valence-electron chi connectivity index (χ3n) is 1.94. The minimum atomic E-state index is 0.295. The van der Waals surface area contributed by atoms with Crippen LogP contribution in [0, 0.1) is 5.92 Å². The number of thioether (sulfide) groups is 1. The van der Waals surface area contributed by atoms with Gasteiger partial charge >= 0.3 is 0 Å². The van der Waals surface area contributed by atoms with Crippen molar-refractivity contribution in [2.45, 2.75) is 25.5 Å². The van der Waals surface area contributed by atoms with Crippen molar-refractivity contribution in [1.82, 2.24) is 0 Å². The van der Waals surface area contributed by atoms with Gasteiger partial charge in [-0.25, -0.2) is 0 Å². The van der Waals surface area contributed by atoms with Gasteiger partial charge in [-0.2, -0.15) is 11.8 Å². The van der Waals surface area contributed by atoms with E-state index < -0.39 is 0 Å². The van der Waals surface area contributed by atoms with Crippen molar-refractivity contribution in [3.05, 3.63) is 0 Å². The monoisotopic (exact) mass is 144 g/mol. The van der Waals surface area contributed by atoms with Gasteiger partial charge in [0.05, 0.1) is 0 Å². The lowest BCUT2D eigenvalue weighted by Gasteiger charge is -2.22. The number of carbonyl (C=O) groups excluding carboxylic acids is 1. The molecule has 1 heterocycles. The summed E-state index contributed by atoms with van der Waals surface area (Å²) in [6, 6.07) is 0. The summed E-state index contributed by atoms with van der Waals surface area (Å²) in [4.78, 5) is 11.0. The van der Waals surface area contributed by atoms with Crippen molar-refractivity contribution in [1.29, 1.82) is 0 Å². The van der Waals surface area contributed by atoms with E-state index in [0.29, 0.717) is 17.0 Å². The van der Waals surface area contributed by atoms with Gasteiger partial charge in [-0.15, -0.1) is 0 Å². The highest BCUT2D eigenvalue weighted by atomic mass is 32.2. The Morgan fingerprint density at radius 3 is 2.67 bits per heavy atom. The molecular formula is C7H12OS. The summed E-state index contributed by atoms with van der Waals surface area (Å²) in [7, 11) is 0.